The number of hydrogen-bond acceptors (Lipinski definition) is 4. The molecule has 2 saturated heterocycles. The second kappa shape index (κ2) is 10.0. The van der Waals surface area contributed by atoms with E-state index < -0.39 is 0 Å². The van der Waals surface area contributed by atoms with Crippen molar-refractivity contribution in [3.63, 3.8) is 0 Å². The number of hydrogen-bond donors (Lipinski definition) is 2. The third kappa shape index (κ3) is 5.17. The second-order valence-electron chi connectivity index (χ2n) is 8.04. The average molecular weight is 427 g/mol. The van der Waals surface area contributed by atoms with Crippen molar-refractivity contribution < 1.29 is 0 Å². The van der Waals surface area contributed by atoms with E-state index in [1.54, 1.807) is 6.20 Å². The van der Waals surface area contributed by atoms with Crippen LogP contribution in [0.3, 0.4) is 0 Å². The molecule has 1 aromatic heterocycles. The summed E-state index contributed by atoms with van der Waals surface area (Å²) >= 11 is 6.32. The summed E-state index contributed by atoms with van der Waals surface area (Å²) in [5.41, 5.74) is 1.31. The van der Waals surface area contributed by atoms with E-state index in [2.05, 4.69) is 62.7 Å². The zero-order chi connectivity index (χ0) is 20.8. The molecule has 2 N–H and O–H groups in total. The number of para-hydroxylation sites is 1. The fourth-order valence-electron chi connectivity index (χ4n) is 4.27. The van der Waals surface area contributed by atoms with Gasteiger partial charge in [-0.15, -0.1) is 0 Å². The number of pyridine rings is 1. The lowest BCUT2D eigenvalue weighted by molar-refractivity contribution is 0.591. The standard InChI is InChI=1S/C23H31ClN6/c1-2-25-23(27-15-18-10-13-29(16-18)20-7-4-3-5-8-20)28-19-11-14-30(17-19)22-21(24)9-6-12-26-22/h3-9,12,18-19H,2,10-11,13-17H2,1H3,(H2,25,27,28). The Morgan fingerprint density at radius 3 is 2.73 bits per heavy atom. The molecule has 0 radical (unpaired) electrons. The maximum absolute atomic E-state index is 6.32. The van der Waals surface area contributed by atoms with Crippen molar-refractivity contribution in [1.82, 2.24) is 15.6 Å². The van der Waals surface area contributed by atoms with Crippen LogP contribution in [0.4, 0.5) is 11.5 Å². The molecule has 2 atom stereocenters. The molecule has 6 nitrogen and oxygen atoms in total. The van der Waals surface area contributed by atoms with Crippen LogP contribution >= 0.6 is 11.6 Å². The molecular weight excluding hydrogens is 396 g/mol. The maximum Gasteiger partial charge on any atom is 0.191 e. The van der Waals surface area contributed by atoms with Crippen LogP contribution in [0, 0.1) is 5.92 Å². The largest absolute Gasteiger partial charge is 0.371 e. The first-order valence-corrected chi connectivity index (χ1v) is 11.3. The summed E-state index contributed by atoms with van der Waals surface area (Å²) < 4.78 is 0. The zero-order valence-corrected chi connectivity index (χ0v) is 18.4. The van der Waals surface area contributed by atoms with Crippen molar-refractivity contribution in [2.75, 3.05) is 49.1 Å². The highest BCUT2D eigenvalue weighted by molar-refractivity contribution is 6.32. The molecular formula is C23H31ClN6. The molecule has 7 heteroatoms. The first kappa shape index (κ1) is 20.8. The van der Waals surface area contributed by atoms with Gasteiger partial charge in [0.15, 0.2) is 5.96 Å². The molecule has 3 heterocycles. The highest BCUT2D eigenvalue weighted by Crippen LogP contribution is 2.26. The highest BCUT2D eigenvalue weighted by atomic mass is 35.5. The first-order valence-electron chi connectivity index (χ1n) is 10.9. The van der Waals surface area contributed by atoms with Crippen LogP contribution in [0.15, 0.2) is 53.7 Å². The van der Waals surface area contributed by atoms with Gasteiger partial charge in [-0.3, -0.25) is 4.99 Å². The predicted molar refractivity (Wildman–Crippen MR) is 126 cm³/mol. The lowest BCUT2D eigenvalue weighted by Gasteiger charge is -2.21. The summed E-state index contributed by atoms with van der Waals surface area (Å²) in [6.45, 7) is 7.82. The first-order chi connectivity index (χ1) is 14.7. The Morgan fingerprint density at radius 1 is 1.10 bits per heavy atom. The van der Waals surface area contributed by atoms with Crippen LogP contribution in [0.5, 0.6) is 0 Å². The summed E-state index contributed by atoms with van der Waals surface area (Å²) in [4.78, 5) is 14.1. The number of benzene rings is 1. The van der Waals surface area contributed by atoms with Crippen LogP contribution in [0.25, 0.3) is 0 Å². The highest BCUT2D eigenvalue weighted by Gasteiger charge is 2.26. The van der Waals surface area contributed by atoms with Crippen molar-refractivity contribution in [2.24, 2.45) is 10.9 Å². The Balaban J connectivity index is 1.31. The zero-order valence-electron chi connectivity index (χ0n) is 17.6. The van der Waals surface area contributed by atoms with E-state index in [9.17, 15) is 0 Å². The molecule has 2 unspecified atom stereocenters. The topological polar surface area (TPSA) is 55.8 Å². The number of aliphatic imine (C=N–C) groups is 1. The molecule has 0 saturated carbocycles. The quantitative estimate of drug-likeness (QED) is 0.547. The SMILES string of the molecule is CCNC(=NCC1CCN(c2ccccc2)C1)NC1CCN(c2ncccc2Cl)C1. The van der Waals surface area contributed by atoms with E-state index in [0.717, 1.165) is 57.5 Å². The van der Waals surface area contributed by atoms with Gasteiger partial charge in [0.1, 0.15) is 5.82 Å². The molecule has 2 aliphatic rings. The summed E-state index contributed by atoms with van der Waals surface area (Å²) in [5.74, 6) is 2.38. The number of anilines is 2. The van der Waals surface area contributed by atoms with Crippen molar-refractivity contribution >= 4 is 29.1 Å². The van der Waals surface area contributed by atoms with Gasteiger partial charge in [0.05, 0.1) is 5.02 Å². The minimum Gasteiger partial charge on any atom is -0.371 e. The van der Waals surface area contributed by atoms with Crippen molar-refractivity contribution in [3.05, 3.63) is 53.7 Å². The van der Waals surface area contributed by atoms with Gasteiger partial charge in [0, 0.05) is 57.2 Å². The fraction of sp³-hybridized carbons (Fsp3) is 0.478. The van der Waals surface area contributed by atoms with Crippen molar-refractivity contribution in [2.45, 2.75) is 25.8 Å². The second-order valence-corrected chi connectivity index (χ2v) is 8.45. The van der Waals surface area contributed by atoms with Crippen LogP contribution in [0.1, 0.15) is 19.8 Å². The minimum absolute atomic E-state index is 0.338. The average Bonchev–Trinajstić information content (AvgIpc) is 3.43. The Hall–Kier alpha value is -2.47. The minimum atomic E-state index is 0.338. The van der Waals surface area contributed by atoms with Gasteiger partial charge in [-0.05, 0) is 49.9 Å². The van der Waals surface area contributed by atoms with E-state index in [1.807, 2.05) is 12.1 Å². The third-order valence-electron chi connectivity index (χ3n) is 5.83. The Labute approximate surface area is 184 Å². The third-order valence-corrected chi connectivity index (χ3v) is 6.12. The number of halogens is 1. The van der Waals surface area contributed by atoms with Gasteiger partial charge in [-0.1, -0.05) is 29.8 Å². The van der Waals surface area contributed by atoms with E-state index in [0.29, 0.717) is 17.0 Å². The molecule has 160 valence electrons. The van der Waals surface area contributed by atoms with Crippen LogP contribution in [0.2, 0.25) is 5.02 Å². The van der Waals surface area contributed by atoms with E-state index >= 15 is 0 Å². The van der Waals surface area contributed by atoms with Gasteiger partial charge in [-0.25, -0.2) is 4.98 Å². The van der Waals surface area contributed by atoms with Crippen molar-refractivity contribution in [1.29, 1.82) is 0 Å². The summed E-state index contributed by atoms with van der Waals surface area (Å²) in [7, 11) is 0. The molecule has 1 aromatic carbocycles. The number of rotatable bonds is 6. The Kier molecular flexibility index (Phi) is 6.95. The van der Waals surface area contributed by atoms with Gasteiger partial charge >= 0.3 is 0 Å². The summed E-state index contributed by atoms with van der Waals surface area (Å²) in [6.07, 6.45) is 4.03. The van der Waals surface area contributed by atoms with Crippen LogP contribution < -0.4 is 20.4 Å². The number of guanidine groups is 1. The lowest BCUT2D eigenvalue weighted by atomic mass is 10.1. The normalized spacial score (nSPS) is 21.9. The fourth-order valence-corrected chi connectivity index (χ4v) is 4.51. The number of aromatic nitrogens is 1. The molecule has 2 aromatic rings. The molecule has 30 heavy (non-hydrogen) atoms. The van der Waals surface area contributed by atoms with E-state index in [1.165, 1.54) is 12.1 Å². The van der Waals surface area contributed by atoms with Gasteiger partial charge < -0.3 is 20.4 Å². The number of nitrogens with one attached hydrogen (secondary N) is 2. The van der Waals surface area contributed by atoms with Crippen LogP contribution in [-0.4, -0.2) is 56.3 Å². The van der Waals surface area contributed by atoms with E-state index in [4.69, 9.17) is 16.6 Å². The van der Waals surface area contributed by atoms with Crippen molar-refractivity contribution in [3.8, 4) is 0 Å². The molecule has 4 rings (SSSR count). The van der Waals surface area contributed by atoms with Gasteiger partial charge in [0.2, 0.25) is 0 Å². The van der Waals surface area contributed by atoms with Gasteiger partial charge in [-0.2, -0.15) is 0 Å². The molecule has 2 aliphatic heterocycles. The smallest absolute Gasteiger partial charge is 0.191 e. The number of nitrogens with zero attached hydrogens (tertiary/aromatic N) is 4. The predicted octanol–water partition coefficient (Wildman–Crippen LogP) is 3.40. The molecule has 0 amide bonds. The Morgan fingerprint density at radius 2 is 1.93 bits per heavy atom. The van der Waals surface area contributed by atoms with Gasteiger partial charge in [0.25, 0.3) is 0 Å². The molecule has 0 bridgehead atoms. The van der Waals surface area contributed by atoms with E-state index in [-0.39, 0.29) is 0 Å². The van der Waals surface area contributed by atoms with Crippen LogP contribution in [-0.2, 0) is 0 Å². The summed E-state index contributed by atoms with van der Waals surface area (Å²) in [5, 5.41) is 7.73. The summed E-state index contributed by atoms with van der Waals surface area (Å²) in [6, 6.07) is 14.8. The molecule has 0 aliphatic carbocycles. The maximum atomic E-state index is 6.32. The molecule has 2 fully saturated rings. The lowest BCUT2D eigenvalue weighted by Crippen LogP contribution is -2.45. The Bertz CT molecular complexity index is 843. The monoisotopic (exact) mass is 426 g/mol. The molecule has 0 spiro atoms.